The Balaban J connectivity index is 2.14. The molecule has 0 spiro atoms. The summed E-state index contributed by atoms with van der Waals surface area (Å²) in [5.74, 6) is -1.14. The van der Waals surface area contributed by atoms with Gasteiger partial charge in [0.2, 0.25) is 5.54 Å². The average Bonchev–Trinajstić information content (AvgIpc) is 3.09. The van der Waals surface area contributed by atoms with Crippen molar-refractivity contribution in [2.75, 3.05) is 19.8 Å². The van der Waals surface area contributed by atoms with Crippen molar-refractivity contribution in [3.63, 3.8) is 0 Å². The van der Waals surface area contributed by atoms with Crippen LogP contribution in [0.1, 0.15) is 37.0 Å². The Morgan fingerprint density at radius 3 is 2.17 bits per heavy atom. The lowest BCUT2D eigenvalue weighted by atomic mass is 9.87. The molecule has 1 aliphatic heterocycles. The van der Waals surface area contributed by atoms with Crippen LogP contribution in [0, 0.1) is 6.92 Å². The van der Waals surface area contributed by atoms with Crippen LogP contribution in [-0.2, 0) is 25.6 Å². The number of likely N-dealkylation sites (tertiary alicyclic amines) is 1. The minimum atomic E-state index is -1.58. The zero-order chi connectivity index (χ0) is 21.6. The van der Waals surface area contributed by atoms with E-state index in [1.54, 1.807) is 13.8 Å². The van der Waals surface area contributed by atoms with Gasteiger partial charge in [-0.2, -0.15) is 0 Å². The smallest absolute Gasteiger partial charge is 0.342 e. The Bertz CT molecular complexity index is 902. The number of carbonyl (C=O) groups is 2. The van der Waals surface area contributed by atoms with E-state index in [9.17, 15) is 9.59 Å². The van der Waals surface area contributed by atoms with E-state index in [0.717, 1.165) is 16.7 Å². The van der Waals surface area contributed by atoms with E-state index < -0.39 is 17.5 Å². The standard InChI is InChI=1S/C25H29NO4/c1-4-29-23(27)25(24(28)30-5-2)22(17-21-14-10-9-11-19(21)3)15-16-26(25)18-20-12-7-6-8-13-20/h6-14,17H,4-5,15-16,18H2,1-3H3/b22-17-. The molecule has 2 aromatic carbocycles. The summed E-state index contributed by atoms with van der Waals surface area (Å²) in [5.41, 5.74) is 2.21. The zero-order valence-corrected chi connectivity index (χ0v) is 17.9. The number of benzene rings is 2. The highest BCUT2D eigenvalue weighted by Gasteiger charge is 2.59. The average molecular weight is 408 g/mol. The minimum absolute atomic E-state index is 0.191. The summed E-state index contributed by atoms with van der Waals surface area (Å²) in [7, 11) is 0. The third-order valence-electron chi connectivity index (χ3n) is 5.47. The molecule has 0 N–H and O–H groups in total. The molecule has 1 aliphatic rings. The zero-order valence-electron chi connectivity index (χ0n) is 17.9. The summed E-state index contributed by atoms with van der Waals surface area (Å²) in [6.07, 6.45) is 2.53. The van der Waals surface area contributed by atoms with Gasteiger partial charge in [-0.1, -0.05) is 60.7 Å². The van der Waals surface area contributed by atoms with Gasteiger partial charge in [-0.05, 0) is 49.5 Å². The van der Waals surface area contributed by atoms with Gasteiger partial charge in [-0.25, -0.2) is 9.59 Å². The second-order valence-corrected chi connectivity index (χ2v) is 7.33. The maximum Gasteiger partial charge on any atom is 0.342 e. The quantitative estimate of drug-likeness (QED) is 0.510. The highest BCUT2D eigenvalue weighted by molar-refractivity contribution is 6.10. The fourth-order valence-corrected chi connectivity index (χ4v) is 4.00. The Hall–Kier alpha value is -2.92. The number of nitrogens with zero attached hydrogens (tertiary/aromatic N) is 1. The molecular weight excluding hydrogens is 378 g/mol. The van der Waals surface area contributed by atoms with Crippen molar-refractivity contribution in [1.82, 2.24) is 4.90 Å². The monoisotopic (exact) mass is 407 g/mol. The first kappa shape index (κ1) is 21.8. The lowest BCUT2D eigenvalue weighted by Crippen LogP contribution is -2.58. The van der Waals surface area contributed by atoms with Gasteiger partial charge in [-0.15, -0.1) is 0 Å². The number of hydrogen-bond donors (Lipinski definition) is 0. The van der Waals surface area contributed by atoms with E-state index >= 15 is 0 Å². The fourth-order valence-electron chi connectivity index (χ4n) is 4.00. The largest absolute Gasteiger partial charge is 0.464 e. The summed E-state index contributed by atoms with van der Waals surface area (Å²) >= 11 is 0. The van der Waals surface area contributed by atoms with Crippen LogP contribution in [0.3, 0.4) is 0 Å². The van der Waals surface area contributed by atoms with E-state index in [0.29, 0.717) is 25.1 Å². The molecule has 0 bridgehead atoms. The summed E-state index contributed by atoms with van der Waals surface area (Å²) in [6, 6.07) is 17.7. The molecule has 0 saturated carbocycles. The van der Waals surface area contributed by atoms with Crippen LogP contribution in [0.5, 0.6) is 0 Å². The van der Waals surface area contributed by atoms with Gasteiger partial charge in [0.15, 0.2) is 0 Å². The normalized spacial score (nSPS) is 17.1. The summed E-state index contributed by atoms with van der Waals surface area (Å²) in [5, 5.41) is 0. The van der Waals surface area contributed by atoms with E-state index in [1.807, 2.05) is 72.5 Å². The van der Waals surface area contributed by atoms with Gasteiger partial charge >= 0.3 is 11.9 Å². The lowest BCUT2D eigenvalue weighted by Gasteiger charge is -2.35. The topological polar surface area (TPSA) is 55.8 Å². The van der Waals surface area contributed by atoms with Crippen molar-refractivity contribution < 1.29 is 19.1 Å². The molecule has 3 rings (SSSR count). The van der Waals surface area contributed by atoms with E-state index in [2.05, 4.69) is 0 Å². The van der Waals surface area contributed by atoms with Gasteiger partial charge in [0.1, 0.15) is 0 Å². The lowest BCUT2D eigenvalue weighted by molar-refractivity contribution is -0.170. The van der Waals surface area contributed by atoms with E-state index in [1.165, 1.54) is 0 Å². The van der Waals surface area contributed by atoms with Crippen LogP contribution in [-0.4, -0.2) is 42.1 Å². The third kappa shape index (κ3) is 4.17. The fraction of sp³-hybridized carbons (Fsp3) is 0.360. The van der Waals surface area contributed by atoms with Crippen molar-refractivity contribution >= 4 is 18.0 Å². The van der Waals surface area contributed by atoms with E-state index in [4.69, 9.17) is 9.47 Å². The second-order valence-electron chi connectivity index (χ2n) is 7.33. The van der Waals surface area contributed by atoms with Gasteiger partial charge < -0.3 is 9.47 Å². The van der Waals surface area contributed by atoms with Gasteiger partial charge in [0.25, 0.3) is 0 Å². The number of rotatable bonds is 7. The van der Waals surface area contributed by atoms with Crippen molar-refractivity contribution in [2.45, 2.75) is 39.3 Å². The summed E-state index contributed by atoms with van der Waals surface area (Å²) < 4.78 is 10.9. The molecule has 0 unspecified atom stereocenters. The minimum Gasteiger partial charge on any atom is -0.464 e. The van der Waals surface area contributed by atoms with Crippen LogP contribution < -0.4 is 0 Å². The number of aryl methyl sites for hydroxylation is 1. The third-order valence-corrected chi connectivity index (χ3v) is 5.47. The predicted molar refractivity (Wildman–Crippen MR) is 117 cm³/mol. The molecule has 158 valence electrons. The molecule has 5 nitrogen and oxygen atoms in total. The molecule has 1 saturated heterocycles. The molecule has 30 heavy (non-hydrogen) atoms. The summed E-state index contributed by atoms with van der Waals surface area (Å²) in [6.45, 7) is 6.90. The predicted octanol–water partition coefficient (Wildman–Crippen LogP) is 4.15. The first-order valence-corrected chi connectivity index (χ1v) is 10.4. The Labute approximate surface area is 178 Å². The summed E-state index contributed by atoms with van der Waals surface area (Å²) in [4.78, 5) is 28.6. The second kappa shape index (κ2) is 9.72. The van der Waals surface area contributed by atoms with Crippen LogP contribution in [0.15, 0.2) is 60.2 Å². The van der Waals surface area contributed by atoms with Crippen molar-refractivity contribution in [1.29, 1.82) is 0 Å². The van der Waals surface area contributed by atoms with Crippen molar-refractivity contribution in [3.05, 3.63) is 76.9 Å². The Morgan fingerprint density at radius 1 is 0.967 bits per heavy atom. The first-order chi connectivity index (χ1) is 14.5. The number of esters is 2. The van der Waals surface area contributed by atoms with Gasteiger partial charge in [0, 0.05) is 13.1 Å². The molecule has 0 aliphatic carbocycles. The highest BCUT2D eigenvalue weighted by atomic mass is 16.6. The molecule has 0 radical (unpaired) electrons. The molecule has 2 aromatic rings. The molecule has 0 amide bonds. The van der Waals surface area contributed by atoms with Crippen molar-refractivity contribution in [2.24, 2.45) is 0 Å². The van der Waals surface area contributed by atoms with Crippen molar-refractivity contribution in [3.8, 4) is 0 Å². The first-order valence-electron chi connectivity index (χ1n) is 10.4. The molecule has 5 heteroatoms. The number of ether oxygens (including phenoxy) is 2. The Kier molecular flexibility index (Phi) is 7.06. The molecular formula is C25H29NO4. The molecule has 0 atom stereocenters. The van der Waals surface area contributed by atoms with Crippen LogP contribution >= 0.6 is 0 Å². The van der Waals surface area contributed by atoms with Crippen LogP contribution in [0.2, 0.25) is 0 Å². The van der Waals surface area contributed by atoms with Gasteiger partial charge in [0.05, 0.1) is 13.2 Å². The van der Waals surface area contributed by atoms with Gasteiger partial charge in [-0.3, -0.25) is 4.90 Å². The number of hydrogen-bond acceptors (Lipinski definition) is 5. The molecule has 1 heterocycles. The van der Waals surface area contributed by atoms with Crippen LogP contribution in [0.4, 0.5) is 0 Å². The van der Waals surface area contributed by atoms with Crippen LogP contribution in [0.25, 0.3) is 6.08 Å². The maximum absolute atomic E-state index is 13.4. The van der Waals surface area contributed by atoms with E-state index in [-0.39, 0.29) is 13.2 Å². The highest BCUT2D eigenvalue weighted by Crippen LogP contribution is 2.40. The maximum atomic E-state index is 13.4. The Morgan fingerprint density at radius 2 is 1.57 bits per heavy atom. The molecule has 1 fully saturated rings. The SMILES string of the molecule is CCOC(=O)C1(C(=O)OCC)/C(=C\c2ccccc2C)CCN1Cc1ccccc1. The number of carbonyl (C=O) groups excluding carboxylic acids is 2. The molecule has 0 aromatic heterocycles.